The van der Waals surface area contributed by atoms with Crippen LogP contribution < -0.4 is 15.1 Å². The zero-order chi connectivity index (χ0) is 21.1. The lowest BCUT2D eigenvalue weighted by Crippen LogP contribution is -2.48. The minimum absolute atomic E-state index is 0.0650. The molecule has 4 aromatic heterocycles. The fraction of sp³-hybridized carbons (Fsp3) is 0.286. The van der Waals surface area contributed by atoms with Gasteiger partial charge in [0, 0.05) is 30.5 Å². The van der Waals surface area contributed by atoms with Crippen molar-refractivity contribution < 1.29 is 4.79 Å². The minimum Gasteiger partial charge on any atom is -0.366 e. The van der Waals surface area contributed by atoms with E-state index >= 15 is 0 Å². The average molecular weight is 415 g/mol. The third-order valence-electron chi connectivity index (χ3n) is 5.94. The Morgan fingerprint density at radius 1 is 1.19 bits per heavy atom. The Labute approximate surface area is 177 Å². The van der Waals surface area contributed by atoms with E-state index in [9.17, 15) is 4.79 Å². The van der Waals surface area contributed by atoms with E-state index in [0.717, 1.165) is 47.8 Å². The summed E-state index contributed by atoms with van der Waals surface area (Å²) in [6, 6.07) is 7.81. The maximum atomic E-state index is 13.4. The van der Waals surface area contributed by atoms with Crippen LogP contribution in [-0.2, 0) is 0 Å². The smallest absolute Gasteiger partial charge is 0.330 e. The predicted octanol–water partition coefficient (Wildman–Crippen LogP) is 2.76. The molecule has 1 atom stereocenters. The van der Waals surface area contributed by atoms with Gasteiger partial charge in [-0.1, -0.05) is 0 Å². The van der Waals surface area contributed by atoms with Crippen molar-refractivity contribution in [2.75, 3.05) is 28.2 Å². The van der Waals surface area contributed by atoms with Gasteiger partial charge >= 0.3 is 6.03 Å². The van der Waals surface area contributed by atoms with Crippen LogP contribution in [0.25, 0.3) is 17.0 Å². The third kappa shape index (κ3) is 2.82. The van der Waals surface area contributed by atoms with E-state index in [1.165, 1.54) is 0 Å². The highest BCUT2D eigenvalue weighted by Gasteiger charge is 2.40. The van der Waals surface area contributed by atoms with Gasteiger partial charge in [-0.25, -0.2) is 19.3 Å². The Balaban J connectivity index is 1.38. The number of urea groups is 1. The molecule has 31 heavy (non-hydrogen) atoms. The summed E-state index contributed by atoms with van der Waals surface area (Å²) in [6.07, 6.45) is 4.40. The number of nitrogens with one attached hydrogen (secondary N) is 2. The summed E-state index contributed by atoms with van der Waals surface area (Å²) in [4.78, 5) is 35.2. The number of carbonyl (C=O) groups is 1. The highest BCUT2D eigenvalue weighted by atomic mass is 16.2. The van der Waals surface area contributed by atoms with Gasteiger partial charge in [0.1, 0.15) is 0 Å². The number of hydrogen-bond donors (Lipinski definition) is 2. The molecular formula is C21H21N9O. The Hall–Kier alpha value is -3.95. The first kappa shape index (κ1) is 17.9. The van der Waals surface area contributed by atoms with Gasteiger partial charge in [-0.2, -0.15) is 4.98 Å². The lowest BCUT2D eigenvalue weighted by molar-refractivity contribution is 0.254. The van der Waals surface area contributed by atoms with Crippen LogP contribution in [0.15, 0.2) is 36.7 Å². The van der Waals surface area contributed by atoms with Crippen molar-refractivity contribution in [3.05, 3.63) is 48.0 Å². The summed E-state index contributed by atoms with van der Waals surface area (Å²) >= 11 is 0. The average Bonchev–Trinajstić information content (AvgIpc) is 3.45. The number of rotatable bonds is 2. The molecule has 1 saturated heterocycles. The fourth-order valence-corrected chi connectivity index (χ4v) is 4.43. The number of anilines is 3. The molecule has 10 heteroatoms. The summed E-state index contributed by atoms with van der Waals surface area (Å²) in [5, 5.41) is 5.97. The lowest BCUT2D eigenvalue weighted by atomic mass is 10.1. The monoisotopic (exact) mass is 415 g/mol. The number of aryl methyl sites for hydroxylation is 2. The normalized spacial score (nSPS) is 17.3. The van der Waals surface area contributed by atoms with E-state index in [2.05, 4.69) is 36.3 Å². The van der Waals surface area contributed by atoms with Crippen molar-refractivity contribution in [3.8, 4) is 11.3 Å². The maximum absolute atomic E-state index is 13.4. The van der Waals surface area contributed by atoms with Crippen LogP contribution in [0.1, 0.15) is 17.8 Å². The molecule has 6 heterocycles. The summed E-state index contributed by atoms with van der Waals surface area (Å²) in [6.45, 7) is 5.58. The molecule has 0 radical (unpaired) electrons. The largest absolute Gasteiger partial charge is 0.366 e. The Morgan fingerprint density at radius 2 is 2.10 bits per heavy atom. The van der Waals surface area contributed by atoms with Crippen LogP contribution in [0.4, 0.5) is 22.2 Å². The quantitative estimate of drug-likeness (QED) is 0.521. The van der Waals surface area contributed by atoms with Gasteiger partial charge in [0.15, 0.2) is 5.82 Å². The SMILES string of the molecule is Cc1cc(-c2ccc3c(n2)N(C(=O)Nc2nc4ncc(C)n4[nH]2)[C@H]2CCN3C2)ccn1. The molecule has 2 amide bonds. The number of aromatic nitrogens is 6. The number of aromatic amines is 1. The fourth-order valence-electron chi connectivity index (χ4n) is 4.43. The first-order valence-corrected chi connectivity index (χ1v) is 10.3. The highest BCUT2D eigenvalue weighted by Crippen LogP contribution is 2.40. The molecule has 156 valence electrons. The standard InChI is InChI=1S/C21H21N9O/c1-12-9-14(5-7-22-12)16-3-4-17-18(24-16)29(15-6-8-28(17)11-15)21(31)26-19-25-20-23-10-13(2)30(20)27-19/h3-5,7,9-10,15H,6,8,11H2,1-2H3,(H2,23,25,26,27,31)/t15-/m0/s1. The van der Waals surface area contributed by atoms with Crippen molar-refractivity contribution in [3.63, 3.8) is 0 Å². The summed E-state index contributed by atoms with van der Waals surface area (Å²) in [7, 11) is 0. The molecule has 0 aliphatic carbocycles. The van der Waals surface area contributed by atoms with Gasteiger partial charge in [-0.05, 0) is 44.5 Å². The Morgan fingerprint density at radius 3 is 2.94 bits per heavy atom. The summed E-state index contributed by atoms with van der Waals surface area (Å²) in [5.41, 5.74) is 4.61. The molecule has 0 saturated carbocycles. The molecule has 2 aliphatic rings. The zero-order valence-corrected chi connectivity index (χ0v) is 17.2. The molecule has 6 rings (SSSR count). The highest BCUT2D eigenvalue weighted by molar-refractivity contribution is 6.04. The van der Waals surface area contributed by atoms with Crippen LogP contribution in [0, 0.1) is 13.8 Å². The second kappa shape index (κ2) is 6.53. The zero-order valence-electron chi connectivity index (χ0n) is 17.2. The molecular weight excluding hydrogens is 394 g/mol. The minimum atomic E-state index is -0.252. The van der Waals surface area contributed by atoms with E-state index in [4.69, 9.17) is 4.98 Å². The number of fused-ring (bicyclic) bond motifs is 5. The number of H-pyrrole nitrogens is 1. The summed E-state index contributed by atoms with van der Waals surface area (Å²) < 4.78 is 1.74. The Bertz CT molecular complexity index is 1320. The van der Waals surface area contributed by atoms with Gasteiger partial charge in [0.2, 0.25) is 5.95 Å². The molecule has 2 N–H and O–H groups in total. The van der Waals surface area contributed by atoms with Crippen molar-refractivity contribution in [1.82, 2.24) is 29.5 Å². The number of amides is 2. The van der Waals surface area contributed by atoms with E-state index < -0.39 is 0 Å². The topological polar surface area (TPSA) is 107 Å². The van der Waals surface area contributed by atoms with Crippen molar-refractivity contribution >= 4 is 29.3 Å². The van der Waals surface area contributed by atoms with E-state index in [-0.39, 0.29) is 12.1 Å². The molecule has 4 aromatic rings. The van der Waals surface area contributed by atoms with Crippen LogP contribution in [0.2, 0.25) is 0 Å². The molecule has 0 spiro atoms. The first-order chi connectivity index (χ1) is 15.1. The van der Waals surface area contributed by atoms with Gasteiger partial charge in [0.25, 0.3) is 5.78 Å². The molecule has 2 aliphatic heterocycles. The first-order valence-electron chi connectivity index (χ1n) is 10.3. The van der Waals surface area contributed by atoms with Crippen molar-refractivity contribution in [1.29, 1.82) is 0 Å². The molecule has 0 unspecified atom stereocenters. The van der Waals surface area contributed by atoms with Crippen LogP contribution >= 0.6 is 0 Å². The van der Waals surface area contributed by atoms with Gasteiger partial charge in [-0.15, -0.1) is 0 Å². The molecule has 2 bridgehead atoms. The number of imidazole rings is 1. The van der Waals surface area contributed by atoms with Gasteiger partial charge in [0.05, 0.1) is 29.3 Å². The molecule has 10 nitrogen and oxygen atoms in total. The van der Waals surface area contributed by atoms with Gasteiger partial charge in [-0.3, -0.25) is 20.3 Å². The van der Waals surface area contributed by atoms with Gasteiger partial charge < -0.3 is 4.90 Å². The van der Waals surface area contributed by atoms with Crippen LogP contribution in [-0.4, -0.2) is 54.7 Å². The van der Waals surface area contributed by atoms with E-state index in [0.29, 0.717) is 17.5 Å². The van der Waals surface area contributed by atoms with Crippen LogP contribution in [0.3, 0.4) is 0 Å². The van der Waals surface area contributed by atoms with Crippen LogP contribution in [0.5, 0.6) is 0 Å². The van der Waals surface area contributed by atoms with Crippen molar-refractivity contribution in [2.45, 2.75) is 26.3 Å². The van der Waals surface area contributed by atoms with E-state index in [1.807, 2.05) is 32.0 Å². The second-order valence-corrected chi connectivity index (χ2v) is 8.02. The predicted molar refractivity (Wildman–Crippen MR) is 116 cm³/mol. The number of pyridine rings is 2. The number of hydrogen-bond acceptors (Lipinski definition) is 6. The van der Waals surface area contributed by atoms with Crippen molar-refractivity contribution in [2.24, 2.45) is 0 Å². The molecule has 0 aromatic carbocycles. The van der Waals surface area contributed by atoms with E-state index in [1.54, 1.807) is 21.8 Å². The number of carbonyl (C=O) groups excluding carboxylic acids is 1. The maximum Gasteiger partial charge on any atom is 0.330 e. The second-order valence-electron chi connectivity index (χ2n) is 8.02. The third-order valence-corrected chi connectivity index (χ3v) is 5.94. The summed E-state index contributed by atoms with van der Waals surface area (Å²) in [5.74, 6) is 1.55. The number of nitrogens with zero attached hydrogens (tertiary/aromatic N) is 7. The lowest BCUT2D eigenvalue weighted by Gasteiger charge is -2.35. The Kier molecular flexibility index (Phi) is 3.76. The molecule has 1 fully saturated rings.